The number of nitrogens with one attached hydrogen (secondary N) is 2. The van der Waals surface area contributed by atoms with Gasteiger partial charge in [-0.15, -0.1) is 0 Å². The number of anilines is 2. The quantitative estimate of drug-likeness (QED) is 0.870. The lowest BCUT2D eigenvalue weighted by Crippen LogP contribution is -2.27. The van der Waals surface area contributed by atoms with Crippen LogP contribution in [-0.4, -0.2) is 24.0 Å². The summed E-state index contributed by atoms with van der Waals surface area (Å²) in [6.07, 6.45) is 0.433. The summed E-state index contributed by atoms with van der Waals surface area (Å²) in [5.74, 6) is -0.245. The number of rotatable bonds is 5. The van der Waals surface area contributed by atoms with Gasteiger partial charge in [-0.3, -0.25) is 9.59 Å². The maximum absolute atomic E-state index is 11.7. The van der Waals surface area contributed by atoms with E-state index in [0.29, 0.717) is 17.8 Å². The van der Waals surface area contributed by atoms with Crippen molar-refractivity contribution in [2.75, 3.05) is 17.2 Å². The minimum atomic E-state index is -0.342. The molecule has 0 aliphatic rings. The van der Waals surface area contributed by atoms with Crippen LogP contribution in [0, 0.1) is 0 Å². The summed E-state index contributed by atoms with van der Waals surface area (Å²) in [5, 5.41) is 5.47. The molecule has 1 rings (SSSR count). The molecule has 110 valence electrons. The van der Waals surface area contributed by atoms with Crippen LogP contribution in [0.3, 0.4) is 0 Å². The lowest BCUT2D eigenvalue weighted by atomic mass is 10.2. The highest BCUT2D eigenvalue weighted by Gasteiger charge is 2.12. The average molecular weight is 278 g/mol. The van der Waals surface area contributed by atoms with Gasteiger partial charge in [0, 0.05) is 17.8 Å². The summed E-state index contributed by atoms with van der Waals surface area (Å²) < 4.78 is 5.39. The number of carbonyl (C=O) groups is 2. The van der Waals surface area contributed by atoms with Gasteiger partial charge in [-0.1, -0.05) is 6.92 Å². The summed E-state index contributed by atoms with van der Waals surface area (Å²) in [6.45, 7) is 7.49. The van der Waals surface area contributed by atoms with Crippen molar-refractivity contribution < 1.29 is 14.3 Å². The van der Waals surface area contributed by atoms with Crippen molar-refractivity contribution in [3.05, 3.63) is 24.3 Å². The van der Waals surface area contributed by atoms with Gasteiger partial charge in [-0.25, -0.2) is 0 Å². The van der Waals surface area contributed by atoms with Crippen molar-refractivity contribution in [1.29, 1.82) is 0 Å². The Balaban J connectivity index is 2.49. The normalized spacial score (nSPS) is 11.0. The van der Waals surface area contributed by atoms with E-state index < -0.39 is 0 Å². The highest BCUT2D eigenvalue weighted by atomic mass is 16.5. The first kappa shape index (κ1) is 16.2. The van der Waals surface area contributed by atoms with Crippen molar-refractivity contribution in [2.24, 2.45) is 0 Å². The van der Waals surface area contributed by atoms with Crippen LogP contribution in [0.15, 0.2) is 24.3 Å². The molecular formula is C15H22N2O3. The Labute approximate surface area is 119 Å². The second kappa shape index (κ2) is 7.05. The summed E-state index contributed by atoms with van der Waals surface area (Å²) in [6, 6.07) is 6.96. The molecule has 0 aliphatic carbocycles. The second-order valence-electron chi connectivity index (χ2n) is 5.43. The van der Waals surface area contributed by atoms with Crippen LogP contribution in [0.2, 0.25) is 0 Å². The van der Waals surface area contributed by atoms with Crippen LogP contribution in [0.5, 0.6) is 0 Å². The van der Waals surface area contributed by atoms with E-state index >= 15 is 0 Å². The maximum atomic E-state index is 11.7. The van der Waals surface area contributed by atoms with Crippen LogP contribution in [0.1, 0.15) is 34.1 Å². The van der Waals surface area contributed by atoms with Gasteiger partial charge in [-0.2, -0.15) is 0 Å². The fourth-order valence-electron chi connectivity index (χ4n) is 1.37. The van der Waals surface area contributed by atoms with Gasteiger partial charge < -0.3 is 15.4 Å². The van der Waals surface area contributed by atoms with Crippen LogP contribution >= 0.6 is 0 Å². The van der Waals surface area contributed by atoms with Crippen molar-refractivity contribution in [3.8, 4) is 0 Å². The monoisotopic (exact) mass is 278 g/mol. The van der Waals surface area contributed by atoms with E-state index in [1.54, 1.807) is 31.2 Å². The van der Waals surface area contributed by atoms with E-state index in [2.05, 4.69) is 10.6 Å². The lowest BCUT2D eigenvalue weighted by Gasteiger charge is -2.19. The molecule has 0 spiro atoms. The maximum Gasteiger partial charge on any atom is 0.250 e. The van der Waals surface area contributed by atoms with Crippen LogP contribution < -0.4 is 10.6 Å². The van der Waals surface area contributed by atoms with Gasteiger partial charge in [-0.05, 0) is 45.0 Å². The zero-order chi connectivity index (χ0) is 15.2. The summed E-state index contributed by atoms with van der Waals surface area (Å²) >= 11 is 0. The molecule has 0 radical (unpaired) electrons. The minimum absolute atomic E-state index is 0.0117. The summed E-state index contributed by atoms with van der Waals surface area (Å²) in [7, 11) is 0. The number of amides is 2. The van der Waals surface area contributed by atoms with Gasteiger partial charge in [0.25, 0.3) is 0 Å². The zero-order valence-corrected chi connectivity index (χ0v) is 12.4. The Hall–Kier alpha value is -1.88. The number of ether oxygens (including phenoxy) is 1. The molecule has 0 fully saturated rings. The van der Waals surface area contributed by atoms with Gasteiger partial charge in [0.05, 0.1) is 5.60 Å². The molecule has 1 aromatic carbocycles. The first-order chi connectivity index (χ1) is 9.30. The number of carbonyl (C=O) groups excluding carboxylic acids is 2. The Morgan fingerprint density at radius 2 is 1.45 bits per heavy atom. The van der Waals surface area contributed by atoms with Gasteiger partial charge in [0.15, 0.2) is 0 Å². The molecule has 0 heterocycles. The number of hydrogen-bond donors (Lipinski definition) is 2. The Morgan fingerprint density at radius 3 is 1.85 bits per heavy atom. The standard InChI is InChI=1S/C15H22N2O3/c1-5-13(18)16-11-6-8-12(9-7-11)17-14(19)10-20-15(2,3)4/h6-9H,5,10H2,1-4H3,(H,16,18)(H,17,19). The largest absolute Gasteiger partial charge is 0.366 e. The van der Waals surface area contributed by atoms with Crippen LogP contribution in [-0.2, 0) is 14.3 Å². The fourth-order valence-corrected chi connectivity index (χ4v) is 1.37. The third-order valence-corrected chi connectivity index (χ3v) is 2.41. The molecular weight excluding hydrogens is 256 g/mol. The molecule has 0 unspecified atom stereocenters. The number of benzene rings is 1. The molecule has 0 bridgehead atoms. The molecule has 2 amide bonds. The molecule has 0 atom stereocenters. The van der Waals surface area contributed by atoms with Crippen molar-refractivity contribution >= 4 is 23.2 Å². The second-order valence-corrected chi connectivity index (χ2v) is 5.43. The van der Waals surface area contributed by atoms with Crippen LogP contribution in [0.4, 0.5) is 11.4 Å². The minimum Gasteiger partial charge on any atom is -0.366 e. The Kier molecular flexibility index (Phi) is 5.70. The van der Waals surface area contributed by atoms with Crippen molar-refractivity contribution in [2.45, 2.75) is 39.7 Å². The predicted octanol–water partition coefficient (Wildman–Crippen LogP) is 2.79. The van der Waals surface area contributed by atoms with Crippen molar-refractivity contribution in [3.63, 3.8) is 0 Å². The zero-order valence-electron chi connectivity index (χ0n) is 12.4. The predicted molar refractivity (Wildman–Crippen MR) is 79.7 cm³/mol. The average Bonchev–Trinajstić information content (AvgIpc) is 2.38. The van der Waals surface area contributed by atoms with E-state index in [-0.39, 0.29) is 24.0 Å². The molecule has 5 nitrogen and oxygen atoms in total. The fraction of sp³-hybridized carbons (Fsp3) is 0.467. The van der Waals surface area contributed by atoms with E-state index in [9.17, 15) is 9.59 Å². The van der Waals surface area contributed by atoms with Gasteiger partial charge in [0.2, 0.25) is 11.8 Å². The van der Waals surface area contributed by atoms with E-state index in [1.165, 1.54) is 0 Å². The van der Waals surface area contributed by atoms with E-state index in [0.717, 1.165) is 0 Å². The highest BCUT2D eigenvalue weighted by molar-refractivity contribution is 5.93. The molecule has 0 aromatic heterocycles. The summed E-state index contributed by atoms with van der Waals surface area (Å²) in [4.78, 5) is 22.9. The lowest BCUT2D eigenvalue weighted by molar-refractivity contribution is -0.125. The molecule has 0 saturated carbocycles. The Bertz CT molecular complexity index is 461. The first-order valence-corrected chi connectivity index (χ1v) is 6.64. The topological polar surface area (TPSA) is 67.4 Å². The van der Waals surface area contributed by atoms with Gasteiger partial charge >= 0.3 is 0 Å². The first-order valence-electron chi connectivity index (χ1n) is 6.64. The van der Waals surface area contributed by atoms with E-state index in [1.807, 2.05) is 20.8 Å². The third-order valence-electron chi connectivity index (χ3n) is 2.41. The molecule has 20 heavy (non-hydrogen) atoms. The molecule has 0 aliphatic heterocycles. The smallest absolute Gasteiger partial charge is 0.250 e. The molecule has 1 aromatic rings. The summed E-state index contributed by atoms with van der Waals surface area (Å²) in [5.41, 5.74) is 1.04. The highest BCUT2D eigenvalue weighted by Crippen LogP contribution is 2.14. The molecule has 5 heteroatoms. The number of hydrogen-bond acceptors (Lipinski definition) is 3. The van der Waals surface area contributed by atoms with E-state index in [4.69, 9.17) is 4.74 Å². The van der Waals surface area contributed by atoms with Crippen molar-refractivity contribution in [1.82, 2.24) is 0 Å². The third kappa shape index (κ3) is 6.33. The Morgan fingerprint density at radius 1 is 1.00 bits per heavy atom. The van der Waals surface area contributed by atoms with Crippen LogP contribution in [0.25, 0.3) is 0 Å². The SMILES string of the molecule is CCC(=O)Nc1ccc(NC(=O)COC(C)(C)C)cc1. The molecule has 2 N–H and O–H groups in total. The van der Waals surface area contributed by atoms with Gasteiger partial charge in [0.1, 0.15) is 6.61 Å². The molecule has 0 saturated heterocycles.